The van der Waals surface area contributed by atoms with E-state index in [1.807, 2.05) is 48.0 Å². The number of benzene rings is 2. The Hall–Kier alpha value is -2.64. The third kappa shape index (κ3) is 4.83. The molecule has 1 fully saturated rings. The summed E-state index contributed by atoms with van der Waals surface area (Å²) in [7, 11) is -0.293. The van der Waals surface area contributed by atoms with Crippen LogP contribution in [0.4, 0.5) is 0 Å². The fourth-order valence-corrected chi connectivity index (χ4v) is 5.48. The molecule has 1 aliphatic rings. The van der Waals surface area contributed by atoms with Crippen LogP contribution in [-0.2, 0) is 17.1 Å². The van der Waals surface area contributed by atoms with Gasteiger partial charge in [-0.1, -0.05) is 43.5 Å². The molecule has 1 aromatic heterocycles. The minimum Gasteiger partial charge on any atom is -0.497 e. The lowest BCUT2D eigenvalue weighted by atomic mass is 9.84. The first-order chi connectivity index (χ1) is 15.0. The molecule has 7 heteroatoms. The van der Waals surface area contributed by atoms with Gasteiger partial charge in [0.2, 0.25) is 10.0 Å². The van der Waals surface area contributed by atoms with E-state index in [0.29, 0.717) is 17.5 Å². The molecule has 1 atom stereocenters. The van der Waals surface area contributed by atoms with Gasteiger partial charge in [0, 0.05) is 19.4 Å². The summed E-state index contributed by atoms with van der Waals surface area (Å²) in [5.41, 5.74) is 2.02. The molecule has 3 aromatic rings. The van der Waals surface area contributed by atoms with Gasteiger partial charge in [-0.15, -0.1) is 0 Å². The molecule has 0 saturated heterocycles. The van der Waals surface area contributed by atoms with Crippen LogP contribution >= 0.6 is 0 Å². The number of aromatic nitrogens is 2. The molecule has 0 unspecified atom stereocenters. The number of ether oxygens (including phenoxy) is 1. The monoisotopic (exact) mass is 439 g/mol. The fourth-order valence-electron chi connectivity index (χ4n) is 4.30. The maximum atomic E-state index is 13.3. The zero-order valence-corrected chi connectivity index (χ0v) is 18.8. The first-order valence-electron chi connectivity index (χ1n) is 10.7. The predicted octanol–water partition coefficient (Wildman–Crippen LogP) is 4.54. The number of aryl methyl sites for hydroxylation is 1. The minimum atomic E-state index is -3.75. The van der Waals surface area contributed by atoms with Gasteiger partial charge in [-0.3, -0.25) is 0 Å². The van der Waals surface area contributed by atoms with Crippen molar-refractivity contribution in [2.24, 2.45) is 7.05 Å². The zero-order chi connectivity index (χ0) is 21.8. The quantitative estimate of drug-likeness (QED) is 0.586. The van der Waals surface area contributed by atoms with Crippen LogP contribution in [0, 0.1) is 0 Å². The Balaban J connectivity index is 1.61. The molecule has 31 heavy (non-hydrogen) atoms. The Bertz CT molecular complexity index is 1100. The standard InChI is InChI=1S/C24H29N3O3S/c1-27-17-16-25-24(27)23(20-8-12-21(30-2)13-9-20)26-31(28,29)22-14-10-19(11-15-22)18-6-4-3-5-7-18/h8-18,23,26H,3-7H2,1-2H3/t23-/m0/s1. The van der Waals surface area contributed by atoms with Gasteiger partial charge >= 0.3 is 0 Å². The molecule has 1 saturated carbocycles. The Morgan fingerprint density at radius 2 is 1.71 bits per heavy atom. The number of nitrogens with one attached hydrogen (secondary N) is 1. The summed E-state index contributed by atoms with van der Waals surface area (Å²) in [5, 5.41) is 0. The van der Waals surface area contributed by atoms with Crippen molar-refractivity contribution in [1.82, 2.24) is 14.3 Å². The molecule has 4 rings (SSSR count). The number of methoxy groups -OCH3 is 1. The number of sulfonamides is 1. The normalized spacial score (nSPS) is 16.2. The average molecular weight is 440 g/mol. The third-order valence-electron chi connectivity index (χ3n) is 6.11. The van der Waals surface area contributed by atoms with Gasteiger partial charge in [-0.05, 0) is 54.2 Å². The SMILES string of the molecule is COc1ccc([C@H](NS(=O)(=O)c2ccc(C3CCCCC3)cc2)c2nccn2C)cc1. The van der Waals surface area contributed by atoms with E-state index in [-0.39, 0.29) is 4.90 Å². The highest BCUT2D eigenvalue weighted by Gasteiger charge is 2.26. The van der Waals surface area contributed by atoms with Crippen molar-refractivity contribution in [3.8, 4) is 5.75 Å². The molecule has 0 bridgehead atoms. The molecular weight excluding hydrogens is 410 g/mol. The second kappa shape index (κ2) is 9.24. The molecule has 2 aromatic carbocycles. The fraction of sp³-hybridized carbons (Fsp3) is 0.375. The van der Waals surface area contributed by atoms with Crippen molar-refractivity contribution >= 4 is 10.0 Å². The Kier molecular flexibility index (Phi) is 6.43. The lowest BCUT2D eigenvalue weighted by Crippen LogP contribution is -2.31. The van der Waals surface area contributed by atoms with Gasteiger partial charge in [0.15, 0.2) is 0 Å². The van der Waals surface area contributed by atoms with Crippen molar-refractivity contribution < 1.29 is 13.2 Å². The van der Waals surface area contributed by atoms with Crippen molar-refractivity contribution in [3.63, 3.8) is 0 Å². The van der Waals surface area contributed by atoms with Crippen LogP contribution in [0.3, 0.4) is 0 Å². The number of rotatable bonds is 7. The number of hydrogen-bond acceptors (Lipinski definition) is 4. The van der Waals surface area contributed by atoms with Crippen LogP contribution in [0.25, 0.3) is 0 Å². The van der Waals surface area contributed by atoms with E-state index in [2.05, 4.69) is 9.71 Å². The van der Waals surface area contributed by atoms with Crippen LogP contribution in [0.15, 0.2) is 65.8 Å². The molecular formula is C24H29N3O3S. The first kappa shape index (κ1) is 21.6. The molecule has 6 nitrogen and oxygen atoms in total. The predicted molar refractivity (Wildman–Crippen MR) is 121 cm³/mol. The maximum absolute atomic E-state index is 13.3. The lowest BCUT2D eigenvalue weighted by Gasteiger charge is -2.22. The van der Waals surface area contributed by atoms with Crippen LogP contribution < -0.4 is 9.46 Å². The van der Waals surface area contributed by atoms with Crippen LogP contribution in [0.1, 0.15) is 61.0 Å². The molecule has 0 radical (unpaired) electrons. The minimum absolute atomic E-state index is 0.264. The van der Waals surface area contributed by atoms with E-state index in [1.54, 1.807) is 31.6 Å². The summed E-state index contributed by atoms with van der Waals surface area (Å²) in [6.45, 7) is 0. The van der Waals surface area contributed by atoms with Crippen LogP contribution in [-0.4, -0.2) is 25.1 Å². The summed E-state index contributed by atoms with van der Waals surface area (Å²) in [6, 6.07) is 14.1. The van der Waals surface area contributed by atoms with Crippen LogP contribution in [0.2, 0.25) is 0 Å². The summed E-state index contributed by atoms with van der Waals surface area (Å²) >= 11 is 0. The second-order valence-electron chi connectivity index (χ2n) is 8.13. The summed E-state index contributed by atoms with van der Waals surface area (Å²) < 4.78 is 36.4. The Labute approximate surface area is 184 Å². The van der Waals surface area contributed by atoms with Crippen LogP contribution in [0.5, 0.6) is 5.75 Å². The van der Waals surface area contributed by atoms with Crippen molar-refractivity contribution in [1.29, 1.82) is 0 Å². The maximum Gasteiger partial charge on any atom is 0.241 e. The average Bonchev–Trinajstić information content (AvgIpc) is 3.24. The third-order valence-corrected chi connectivity index (χ3v) is 7.54. The van der Waals surface area contributed by atoms with Gasteiger partial charge in [-0.25, -0.2) is 13.4 Å². The van der Waals surface area contributed by atoms with E-state index >= 15 is 0 Å². The molecule has 1 aliphatic carbocycles. The summed E-state index contributed by atoms with van der Waals surface area (Å²) in [6.07, 6.45) is 9.64. The molecule has 0 amide bonds. The van der Waals surface area contributed by atoms with E-state index < -0.39 is 16.1 Å². The van der Waals surface area contributed by atoms with Crippen molar-refractivity contribution in [3.05, 3.63) is 77.9 Å². The molecule has 1 heterocycles. The van der Waals surface area contributed by atoms with Gasteiger partial charge in [0.25, 0.3) is 0 Å². The van der Waals surface area contributed by atoms with Gasteiger partial charge in [-0.2, -0.15) is 4.72 Å². The molecule has 164 valence electrons. The van der Waals surface area contributed by atoms with Gasteiger partial charge in [0.05, 0.1) is 12.0 Å². The first-order valence-corrected chi connectivity index (χ1v) is 12.2. The van der Waals surface area contributed by atoms with E-state index in [1.165, 1.54) is 37.7 Å². The summed E-state index contributed by atoms with van der Waals surface area (Å²) in [5.74, 6) is 1.87. The number of hydrogen-bond donors (Lipinski definition) is 1. The largest absolute Gasteiger partial charge is 0.497 e. The number of nitrogens with zero attached hydrogens (tertiary/aromatic N) is 2. The van der Waals surface area contributed by atoms with Gasteiger partial charge in [0.1, 0.15) is 17.6 Å². The van der Waals surface area contributed by atoms with Gasteiger partial charge < -0.3 is 9.30 Å². The smallest absolute Gasteiger partial charge is 0.241 e. The van der Waals surface area contributed by atoms with Crippen molar-refractivity contribution in [2.75, 3.05) is 7.11 Å². The molecule has 1 N–H and O–H groups in total. The van der Waals surface area contributed by atoms with E-state index in [9.17, 15) is 8.42 Å². The Morgan fingerprint density at radius 1 is 1.03 bits per heavy atom. The topological polar surface area (TPSA) is 73.2 Å². The molecule has 0 aliphatic heterocycles. The number of imidazole rings is 1. The molecule has 0 spiro atoms. The van der Waals surface area contributed by atoms with Crippen molar-refractivity contribution in [2.45, 2.75) is 49.0 Å². The highest BCUT2D eigenvalue weighted by Crippen LogP contribution is 2.33. The van der Waals surface area contributed by atoms with E-state index in [0.717, 1.165) is 5.56 Å². The lowest BCUT2D eigenvalue weighted by molar-refractivity contribution is 0.414. The zero-order valence-electron chi connectivity index (χ0n) is 18.0. The van der Waals surface area contributed by atoms with E-state index in [4.69, 9.17) is 4.74 Å². The summed E-state index contributed by atoms with van der Waals surface area (Å²) in [4.78, 5) is 4.66. The second-order valence-corrected chi connectivity index (χ2v) is 9.84. The highest BCUT2D eigenvalue weighted by atomic mass is 32.2. The highest BCUT2D eigenvalue weighted by molar-refractivity contribution is 7.89. The Morgan fingerprint density at radius 3 is 2.29 bits per heavy atom.